The van der Waals surface area contributed by atoms with Crippen molar-refractivity contribution in [3.63, 3.8) is 0 Å². The molecule has 38 heavy (non-hydrogen) atoms. The van der Waals surface area contributed by atoms with Crippen LogP contribution in [0.4, 0.5) is 0 Å². The molecule has 0 radical (unpaired) electrons. The Morgan fingerprint density at radius 3 is 2.16 bits per heavy atom. The summed E-state index contributed by atoms with van der Waals surface area (Å²) in [4.78, 5) is 14.8. The number of rotatable bonds is 12. The summed E-state index contributed by atoms with van der Waals surface area (Å²) in [6.07, 6.45) is 3.04. The minimum atomic E-state index is -0.270. The van der Waals surface area contributed by atoms with Gasteiger partial charge >= 0.3 is 5.97 Å². The largest absolute Gasteiger partial charge is 0.463 e. The minimum Gasteiger partial charge on any atom is -0.463 e. The SMILES string of the molecule is CCOC(=O)/C=C1/CCN([C@@H](C)c2ccccc2)[C@H]([C@@H](COCc2ccccc2)OCc2ccccc2)C1. The Morgan fingerprint density at radius 1 is 0.921 bits per heavy atom. The topological polar surface area (TPSA) is 48.0 Å². The summed E-state index contributed by atoms with van der Waals surface area (Å²) in [5.41, 5.74) is 4.63. The first kappa shape index (κ1) is 27.8. The van der Waals surface area contributed by atoms with Crippen molar-refractivity contribution in [3.05, 3.63) is 119 Å². The molecule has 200 valence electrons. The van der Waals surface area contributed by atoms with E-state index in [2.05, 4.69) is 60.4 Å². The third-order valence-corrected chi connectivity index (χ3v) is 7.11. The Morgan fingerprint density at radius 2 is 1.53 bits per heavy atom. The van der Waals surface area contributed by atoms with E-state index in [0.29, 0.717) is 26.4 Å². The van der Waals surface area contributed by atoms with E-state index in [1.54, 1.807) is 6.08 Å². The van der Waals surface area contributed by atoms with Gasteiger partial charge in [0.1, 0.15) is 0 Å². The van der Waals surface area contributed by atoms with Crippen LogP contribution in [0.3, 0.4) is 0 Å². The van der Waals surface area contributed by atoms with Crippen LogP contribution in [-0.4, -0.2) is 42.8 Å². The highest BCUT2D eigenvalue weighted by atomic mass is 16.5. The summed E-state index contributed by atoms with van der Waals surface area (Å²) in [6, 6.07) is 31.3. The number of carbonyl (C=O) groups is 1. The van der Waals surface area contributed by atoms with E-state index in [1.807, 2.05) is 49.4 Å². The van der Waals surface area contributed by atoms with Crippen molar-refractivity contribution in [1.82, 2.24) is 4.90 Å². The number of hydrogen-bond acceptors (Lipinski definition) is 5. The highest BCUT2D eigenvalue weighted by Crippen LogP contribution is 2.33. The zero-order chi connectivity index (χ0) is 26.6. The molecule has 3 atom stereocenters. The molecule has 3 aromatic carbocycles. The van der Waals surface area contributed by atoms with Crippen LogP contribution in [0, 0.1) is 0 Å². The predicted octanol–water partition coefficient (Wildman–Crippen LogP) is 6.50. The van der Waals surface area contributed by atoms with Gasteiger partial charge in [-0.1, -0.05) is 96.6 Å². The zero-order valence-corrected chi connectivity index (χ0v) is 22.5. The fourth-order valence-corrected chi connectivity index (χ4v) is 5.07. The molecule has 0 bridgehead atoms. The minimum absolute atomic E-state index is 0.0409. The van der Waals surface area contributed by atoms with Crippen LogP contribution in [-0.2, 0) is 32.2 Å². The monoisotopic (exact) mass is 513 g/mol. The van der Waals surface area contributed by atoms with E-state index < -0.39 is 0 Å². The molecule has 1 aliphatic heterocycles. The molecule has 0 spiro atoms. The summed E-state index contributed by atoms with van der Waals surface area (Å²) in [6.45, 7) is 6.77. The molecule has 0 amide bonds. The normalized spacial score (nSPS) is 18.7. The molecule has 0 unspecified atom stereocenters. The van der Waals surface area contributed by atoms with Crippen LogP contribution < -0.4 is 0 Å². The second-order valence-corrected chi connectivity index (χ2v) is 9.74. The van der Waals surface area contributed by atoms with Gasteiger partial charge in [-0.3, -0.25) is 4.90 Å². The number of benzene rings is 3. The van der Waals surface area contributed by atoms with Gasteiger partial charge in [-0.25, -0.2) is 4.79 Å². The maximum absolute atomic E-state index is 12.3. The van der Waals surface area contributed by atoms with E-state index in [-0.39, 0.29) is 24.2 Å². The van der Waals surface area contributed by atoms with Crippen molar-refractivity contribution in [2.24, 2.45) is 0 Å². The van der Waals surface area contributed by atoms with Gasteiger partial charge in [0.25, 0.3) is 0 Å². The van der Waals surface area contributed by atoms with Crippen LogP contribution >= 0.6 is 0 Å². The zero-order valence-electron chi connectivity index (χ0n) is 22.5. The van der Waals surface area contributed by atoms with E-state index in [0.717, 1.165) is 36.1 Å². The fraction of sp³-hybridized carbons (Fsp3) is 0.364. The average Bonchev–Trinajstić information content (AvgIpc) is 2.96. The van der Waals surface area contributed by atoms with Gasteiger partial charge in [-0.15, -0.1) is 0 Å². The van der Waals surface area contributed by atoms with Crippen LogP contribution in [0.2, 0.25) is 0 Å². The summed E-state index contributed by atoms with van der Waals surface area (Å²) in [5, 5.41) is 0. The van der Waals surface area contributed by atoms with Crippen molar-refractivity contribution in [1.29, 1.82) is 0 Å². The van der Waals surface area contributed by atoms with Crippen molar-refractivity contribution >= 4 is 5.97 Å². The van der Waals surface area contributed by atoms with Gasteiger partial charge in [0.2, 0.25) is 0 Å². The maximum atomic E-state index is 12.3. The lowest BCUT2D eigenvalue weighted by Crippen LogP contribution is -2.50. The lowest BCUT2D eigenvalue weighted by atomic mass is 9.90. The van der Waals surface area contributed by atoms with Crippen LogP contribution in [0.5, 0.6) is 0 Å². The summed E-state index contributed by atoms with van der Waals surface area (Å²) in [7, 11) is 0. The van der Waals surface area contributed by atoms with Gasteiger partial charge < -0.3 is 14.2 Å². The highest BCUT2D eigenvalue weighted by molar-refractivity contribution is 5.82. The number of esters is 1. The Hall–Kier alpha value is -3.25. The van der Waals surface area contributed by atoms with Crippen molar-refractivity contribution in [2.45, 2.75) is 58.1 Å². The Bertz CT molecular complexity index is 1130. The molecule has 5 nitrogen and oxygen atoms in total. The lowest BCUT2D eigenvalue weighted by molar-refractivity contribution is -0.137. The predicted molar refractivity (Wildman–Crippen MR) is 150 cm³/mol. The molecule has 1 saturated heterocycles. The first-order chi connectivity index (χ1) is 18.6. The van der Waals surface area contributed by atoms with Crippen molar-refractivity contribution in [3.8, 4) is 0 Å². The smallest absolute Gasteiger partial charge is 0.330 e. The molecule has 3 aromatic rings. The van der Waals surface area contributed by atoms with Gasteiger partial charge in [0.15, 0.2) is 0 Å². The Labute approximate surface area is 227 Å². The van der Waals surface area contributed by atoms with Crippen LogP contribution in [0.15, 0.2) is 103 Å². The molecular weight excluding hydrogens is 474 g/mol. The molecule has 1 aliphatic rings. The third kappa shape index (κ3) is 8.12. The highest BCUT2D eigenvalue weighted by Gasteiger charge is 2.36. The molecule has 4 rings (SSSR count). The lowest BCUT2D eigenvalue weighted by Gasteiger charge is -2.44. The Kier molecular flexibility index (Phi) is 10.7. The van der Waals surface area contributed by atoms with E-state index >= 15 is 0 Å². The number of ether oxygens (including phenoxy) is 3. The molecule has 1 heterocycles. The average molecular weight is 514 g/mol. The third-order valence-electron chi connectivity index (χ3n) is 7.11. The molecule has 0 aliphatic carbocycles. The van der Waals surface area contributed by atoms with Gasteiger partial charge in [0, 0.05) is 24.7 Å². The number of nitrogens with zero attached hydrogens (tertiary/aromatic N) is 1. The van der Waals surface area contributed by atoms with Crippen LogP contribution in [0.25, 0.3) is 0 Å². The van der Waals surface area contributed by atoms with Gasteiger partial charge in [0.05, 0.1) is 32.5 Å². The van der Waals surface area contributed by atoms with Crippen molar-refractivity contribution in [2.75, 3.05) is 19.8 Å². The molecule has 0 aromatic heterocycles. The molecule has 0 saturated carbocycles. The van der Waals surface area contributed by atoms with Gasteiger partial charge in [-0.05, 0) is 43.4 Å². The second-order valence-electron chi connectivity index (χ2n) is 9.74. The Balaban J connectivity index is 1.58. The first-order valence-electron chi connectivity index (χ1n) is 13.6. The van der Waals surface area contributed by atoms with E-state index in [4.69, 9.17) is 14.2 Å². The number of piperidine rings is 1. The quantitative estimate of drug-likeness (QED) is 0.204. The summed E-state index contributed by atoms with van der Waals surface area (Å²) in [5.74, 6) is -0.270. The fourth-order valence-electron chi connectivity index (χ4n) is 5.07. The standard InChI is InChI=1S/C33H39NO4/c1-3-37-33(35)22-29-19-20-34(26(2)30-17-11-6-12-18-30)31(21-29)32(38-24-28-15-9-5-10-16-28)25-36-23-27-13-7-4-8-14-27/h4-18,22,26,31-32H,3,19-21,23-25H2,1-2H3/b29-22-/t26-,31-,32+/m0/s1. The molecular formula is C33H39NO4. The van der Waals surface area contributed by atoms with E-state index in [9.17, 15) is 4.79 Å². The second kappa shape index (κ2) is 14.6. The molecule has 1 fully saturated rings. The van der Waals surface area contributed by atoms with E-state index in [1.165, 1.54) is 5.56 Å². The van der Waals surface area contributed by atoms with Crippen molar-refractivity contribution < 1.29 is 19.0 Å². The number of likely N-dealkylation sites (tertiary alicyclic amines) is 1. The molecule has 0 N–H and O–H groups in total. The number of carbonyl (C=O) groups excluding carboxylic acids is 1. The molecule has 5 heteroatoms. The van der Waals surface area contributed by atoms with Gasteiger partial charge in [-0.2, -0.15) is 0 Å². The van der Waals surface area contributed by atoms with Crippen LogP contribution in [0.1, 0.15) is 49.4 Å². The number of hydrogen-bond donors (Lipinski definition) is 0. The summed E-state index contributed by atoms with van der Waals surface area (Å²) >= 11 is 0. The summed E-state index contributed by atoms with van der Waals surface area (Å²) < 4.78 is 18.1. The first-order valence-corrected chi connectivity index (χ1v) is 13.6. The maximum Gasteiger partial charge on any atom is 0.330 e.